The molecule has 1 aliphatic heterocycles. The van der Waals surface area contributed by atoms with Gasteiger partial charge in [0.2, 0.25) is 0 Å². The van der Waals surface area contributed by atoms with E-state index in [1.165, 1.54) is 30.1 Å². The molecule has 9 nitrogen and oxygen atoms in total. The lowest BCUT2D eigenvalue weighted by atomic mass is 9.95. The molecule has 0 saturated carbocycles. The number of rotatable bonds is 10. The highest BCUT2D eigenvalue weighted by atomic mass is 35.5. The Morgan fingerprint density at radius 3 is 2.54 bits per heavy atom. The summed E-state index contributed by atoms with van der Waals surface area (Å²) in [6, 6.07) is 7.82. The zero-order valence-corrected chi connectivity index (χ0v) is 24.9. The second kappa shape index (κ2) is 13.0. The van der Waals surface area contributed by atoms with Gasteiger partial charge in [-0.3, -0.25) is 9.36 Å². The van der Waals surface area contributed by atoms with Crippen LogP contribution in [0.3, 0.4) is 0 Å². The average molecular weight is 597 g/mol. The Morgan fingerprint density at radius 2 is 1.88 bits per heavy atom. The van der Waals surface area contributed by atoms with Crippen LogP contribution in [0.15, 0.2) is 51.4 Å². The predicted molar refractivity (Wildman–Crippen MR) is 157 cm³/mol. The molecule has 2 aromatic carbocycles. The molecule has 0 N–H and O–H groups in total. The Labute approximate surface area is 246 Å². The van der Waals surface area contributed by atoms with Crippen molar-refractivity contribution in [3.8, 4) is 35.3 Å². The van der Waals surface area contributed by atoms with Crippen molar-refractivity contribution in [2.45, 2.75) is 26.8 Å². The first-order chi connectivity index (χ1) is 19.8. The largest absolute Gasteiger partial charge is 0.493 e. The van der Waals surface area contributed by atoms with Crippen molar-refractivity contribution in [3.63, 3.8) is 0 Å². The molecule has 0 amide bonds. The lowest BCUT2D eigenvalue weighted by Gasteiger charge is -2.25. The maximum atomic E-state index is 14.0. The van der Waals surface area contributed by atoms with Gasteiger partial charge in [-0.25, -0.2) is 9.79 Å². The van der Waals surface area contributed by atoms with Gasteiger partial charge in [-0.15, -0.1) is 6.42 Å². The second-order valence-electron chi connectivity index (χ2n) is 8.67. The number of aromatic nitrogens is 1. The van der Waals surface area contributed by atoms with Crippen molar-refractivity contribution in [1.82, 2.24) is 4.57 Å². The molecule has 0 saturated heterocycles. The minimum atomic E-state index is -0.811. The second-order valence-corrected chi connectivity index (χ2v) is 10.1. The molecule has 0 spiro atoms. The first kappa shape index (κ1) is 29.8. The normalized spacial score (nSPS) is 14.6. The van der Waals surface area contributed by atoms with Crippen molar-refractivity contribution in [2.24, 2.45) is 4.99 Å². The van der Waals surface area contributed by atoms with Crippen molar-refractivity contribution in [2.75, 3.05) is 34.0 Å². The number of hydrogen-bond donors (Lipinski definition) is 0. The van der Waals surface area contributed by atoms with Crippen LogP contribution in [0.4, 0.5) is 0 Å². The van der Waals surface area contributed by atoms with Crippen LogP contribution in [-0.4, -0.2) is 44.6 Å². The van der Waals surface area contributed by atoms with E-state index in [-0.39, 0.29) is 29.4 Å². The summed E-state index contributed by atoms with van der Waals surface area (Å²) in [5, 5.41) is 0.286. The number of terminal acetylenes is 1. The molecule has 1 unspecified atom stereocenters. The first-order valence-electron chi connectivity index (χ1n) is 12.7. The van der Waals surface area contributed by atoms with Gasteiger partial charge in [0.1, 0.15) is 6.61 Å². The molecule has 214 valence electrons. The molecular formula is C30H29ClN2O7S. The summed E-state index contributed by atoms with van der Waals surface area (Å²) >= 11 is 7.69. The maximum Gasteiger partial charge on any atom is 0.338 e. The molecule has 1 aliphatic rings. The SMILES string of the molecule is C#CCOc1c(Cl)cc(/C=c2/sc3n(c2=O)C(c2ccc(OC)c(OC)c2)C(C(=O)OCC)=C(C)N=3)cc1OCC. The fourth-order valence-electron chi connectivity index (χ4n) is 4.47. The molecule has 0 radical (unpaired) electrons. The van der Waals surface area contributed by atoms with Crippen LogP contribution in [-0.2, 0) is 9.53 Å². The van der Waals surface area contributed by atoms with Gasteiger partial charge >= 0.3 is 5.97 Å². The number of benzene rings is 2. The molecule has 3 aromatic rings. The summed E-state index contributed by atoms with van der Waals surface area (Å²) in [4.78, 5) is 32.2. The zero-order valence-electron chi connectivity index (χ0n) is 23.3. The third-order valence-corrected chi connectivity index (χ3v) is 7.43. The fourth-order valence-corrected chi connectivity index (χ4v) is 5.79. The highest BCUT2D eigenvalue weighted by Gasteiger charge is 2.34. The molecule has 1 atom stereocenters. The number of methoxy groups -OCH3 is 2. The number of allylic oxidation sites excluding steroid dienone is 1. The Morgan fingerprint density at radius 1 is 1.12 bits per heavy atom. The Bertz CT molecular complexity index is 1730. The van der Waals surface area contributed by atoms with Crippen molar-refractivity contribution in [3.05, 3.63) is 77.4 Å². The van der Waals surface area contributed by atoms with Crippen LogP contribution in [0.5, 0.6) is 23.0 Å². The number of ether oxygens (including phenoxy) is 5. The van der Waals surface area contributed by atoms with Gasteiger partial charge in [-0.2, -0.15) is 0 Å². The minimum Gasteiger partial charge on any atom is -0.493 e. The molecule has 2 heterocycles. The smallest absolute Gasteiger partial charge is 0.338 e. The van der Waals surface area contributed by atoms with Gasteiger partial charge in [-0.1, -0.05) is 34.9 Å². The predicted octanol–water partition coefficient (Wildman–Crippen LogP) is 3.88. The molecule has 41 heavy (non-hydrogen) atoms. The van der Waals surface area contributed by atoms with Gasteiger partial charge in [0.25, 0.3) is 5.56 Å². The number of halogens is 1. The molecule has 1 aromatic heterocycles. The van der Waals surface area contributed by atoms with E-state index in [1.54, 1.807) is 50.3 Å². The third-order valence-electron chi connectivity index (χ3n) is 6.17. The summed E-state index contributed by atoms with van der Waals surface area (Å²) < 4.78 is 29.4. The molecule has 0 fully saturated rings. The number of hydrogen-bond acceptors (Lipinski definition) is 9. The number of fused-ring (bicyclic) bond motifs is 1. The number of carbonyl (C=O) groups is 1. The average Bonchev–Trinajstić information content (AvgIpc) is 3.25. The van der Waals surface area contributed by atoms with Gasteiger partial charge in [-0.05, 0) is 62.2 Å². The molecule has 4 rings (SSSR count). The zero-order chi connectivity index (χ0) is 29.7. The Balaban J connectivity index is 1.93. The van der Waals surface area contributed by atoms with Crippen LogP contribution < -0.4 is 33.8 Å². The number of nitrogens with zero attached hydrogens (tertiary/aromatic N) is 2. The van der Waals surface area contributed by atoms with Crippen LogP contribution in [0.1, 0.15) is 37.9 Å². The van der Waals surface area contributed by atoms with Crippen LogP contribution >= 0.6 is 22.9 Å². The third kappa shape index (κ3) is 5.97. The standard InChI is InChI=1S/C30H29ClN2O7S/c1-7-12-40-27-20(31)13-18(14-23(27)38-8-2)15-24-28(34)33-26(19-10-11-21(36-5)22(16-19)37-6)25(29(35)39-9-3)17(4)32-30(33)41-24/h1,10-11,13-16,26H,8-9,12H2,2-6H3/b24-15+. The topological polar surface area (TPSA) is 97.6 Å². The number of thiazole rings is 1. The molecule has 0 aliphatic carbocycles. The summed E-state index contributed by atoms with van der Waals surface area (Å²) in [6.45, 7) is 5.84. The number of esters is 1. The summed E-state index contributed by atoms with van der Waals surface area (Å²) in [6.07, 6.45) is 7.02. The molecule has 11 heteroatoms. The Hall–Kier alpha value is -4.20. The monoisotopic (exact) mass is 596 g/mol. The fraction of sp³-hybridized carbons (Fsp3) is 0.300. The Kier molecular flexibility index (Phi) is 9.42. The van der Waals surface area contributed by atoms with E-state index in [4.69, 9.17) is 41.7 Å². The van der Waals surface area contributed by atoms with Crippen molar-refractivity contribution < 1.29 is 28.5 Å². The van der Waals surface area contributed by atoms with E-state index >= 15 is 0 Å². The van der Waals surface area contributed by atoms with Crippen LogP contribution in [0.2, 0.25) is 5.02 Å². The highest BCUT2D eigenvalue weighted by Crippen LogP contribution is 2.38. The lowest BCUT2D eigenvalue weighted by Crippen LogP contribution is -2.40. The van der Waals surface area contributed by atoms with Gasteiger partial charge in [0.15, 0.2) is 27.8 Å². The number of carbonyl (C=O) groups excluding carboxylic acids is 1. The van der Waals surface area contributed by atoms with E-state index in [0.717, 1.165) is 0 Å². The summed E-state index contributed by atoms with van der Waals surface area (Å²) in [7, 11) is 3.05. The summed E-state index contributed by atoms with van der Waals surface area (Å²) in [5.41, 5.74) is 1.61. The minimum absolute atomic E-state index is 0.0238. The van der Waals surface area contributed by atoms with Gasteiger partial charge in [0.05, 0.1) is 54.3 Å². The van der Waals surface area contributed by atoms with E-state index in [0.29, 0.717) is 55.8 Å². The lowest BCUT2D eigenvalue weighted by molar-refractivity contribution is -0.139. The van der Waals surface area contributed by atoms with Crippen molar-refractivity contribution in [1.29, 1.82) is 0 Å². The van der Waals surface area contributed by atoms with Crippen LogP contribution in [0, 0.1) is 12.3 Å². The highest BCUT2D eigenvalue weighted by molar-refractivity contribution is 7.07. The van der Waals surface area contributed by atoms with Crippen LogP contribution in [0.25, 0.3) is 6.08 Å². The van der Waals surface area contributed by atoms with Gasteiger partial charge < -0.3 is 23.7 Å². The van der Waals surface area contributed by atoms with E-state index < -0.39 is 12.0 Å². The van der Waals surface area contributed by atoms with E-state index in [2.05, 4.69) is 10.9 Å². The molecule has 0 bridgehead atoms. The van der Waals surface area contributed by atoms with Crippen molar-refractivity contribution >= 4 is 35.0 Å². The quantitative estimate of drug-likeness (QED) is 0.259. The molecular weight excluding hydrogens is 568 g/mol. The van der Waals surface area contributed by atoms with E-state index in [1.807, 2.05) is 6.92 Å². The first-order valence-corrected chi connectivity index (χ1v) is 13.9. The summed E-state index contributed by atoms with van der Waals surface area (Å²) in [5.74, 6) is 3.55. The maximum absolute atomic E-state index is 14.0. The van der Waals surface area contributed by atoms with Gasteiger partial charge in [0, 0.05) is 0 Å². The van der Waals surface area contributed by atoms with E-state index in [9.17, 15) is 9.59 Å².